The number of aromatic hydroxyl groups is 1. The van der Waals surface area contributed by atoms with Gasteiger partial charge in [0, 0.05) is 5.39 Å². The number of hydrogen-bond donors (Lipinski definition) is 1. The van der Waals surface area contributed by atoms with Gasteiger partial charge >= 0.3 is 0 Å². The Morgan fingerprint density at radius 1 is 0.509 bits per heavy atom. The zero-order valence-electron chi connectivity index (χ0n) is 35.5. The molecule has 6 aromatic carbocycles. The van der Waals surface area contributed by atoms with Crippen LogP contribution in [0.3, 0.4) is 0 Å². The highest BCUT2D eigenvalue weighted by Gasteiger charge is 2.33. The molecule has 0 saturated carbocycles. The summed E-state index contributed by atoms with van der Waals surface area (Å²) in [5, 5.41) is 15.4. The first-order chi connectivity index (χ1) is 27.2. The predicted octanol–water partition coefficient (Wildman–Crippen LogP) is 12.4. The van der Waals surface area contributed by atoms with Gasteiger partial charge in [-0.3, -0.25) is 0 Å². The molecular weight excluding hydrogens is 745 g/mol. The number of furan rings is 1. The molecule has 0 fully saturated rings. The Morgan fingerprint density at radius 3 is 1.46 bits per heavy atom. The van der Waals surface area contributed by atoms with Gasteiger partial charge in [0.2, 0.25) is 0 Å². The van der Waals surface area contributed by atoms with E-state index >= 15 is 0 Å². The monoisotopic (exact) mass is 806 g/mol. The highest BCUT2D eigenvalue weighted by molar-refractivity contribution is 6.91. The number of aryl methyl sites for hydroxylation is 1. The van der Waals surface area contributed by atoms with Crippen molar-refractivity contribution in [1.29, 1.82) is 0 Å². The zero-order valence-corrected chi connectivity index (χ0v) is 38.5. The molecule has 0 bridgehead atoms. The highest BCUT2D eigenvalue weighted by Crippen LogP contribution is 2.32. The van der Waals surface area contributed by atoms with E-state index in [0.717, 1.165) is 35.5 Å². The Morgan fingerprint density at radius 2 is 0.930 bits per heavy atom. The summed E-state index contributed by atoms with van der Waals surface area (Å²) < 4.78 is 12.1. The molecule has 1 heterocycles. The molecular formula is C51H62O3Si3. The van der Waals surface area contributed by atoms with Gasteiger partial charge in [0.1, 0.15) is 22.8 Å². The number of hydrogen-bond acceptors (Lipinski definition) is 3. The van der Waals surface area contributed by atoms with Crippen LogP contribution in [0.15, 0.2) is 174 Å². The minimum Gasteiger partial charge on any atom is -0.539 e. The summed E-state index contributed by atoms with van der Waals surface area (Å²) in [4.78, 5) is 0. The molecule has 2 unspecified atom stereocenters. The van der Waals surface area contributed by atoms with Crippen molar-refractivity contribution in [2.75, 3.05) is 0 Å². The second-order valence-corrected chi connectivity index (χ2v) is 30.8. The van der Waals surface area contributed by atoms with Gasteiger partial charge in [-0.2, -0.15) is 0 Å². The van der Waals surface area contributed by atoms with Crippen LogP contribution >= 0.6 is 0 Å². The third kappa shape index (κ3) is 11.6. The van der Waals surface area contributed by atoms with Crippen LogP contribution in [-0.4, -0.2) is 29.6 Å². The minimum absolute atomic E-state index is 0.423. The van der Waals surface area contributed by atoms with Crippen LogP contribution in [0.5, 0.6) is 11.5 Å². The zero-order chi connectivity index (χ0) is 41.1. The third-order valence-corrected chi connectivity index (χ3v) is 23.3. The van der Waals surface area contributed by atoms with Crippen molar-refractivity contribution in [1.82, 2.24) is 0 Å². The quantitative estimate of drug-likeness (QED) is 0.132. The predicted molar refractivity (Wildman–Crippen MR) is 253 cm³/mol. The van der Waals surface area contributed by atoms with E-state index in [1.54, 1.807) is 6.07 Å². The molecule has 0 spiro atoms. The van der Waals surface area contributed by atoms with Gasteiger partial charge < -0.3 is 13.9 Å². The molecule has 0 amide bonds. The Kier molecular flexibility index (Phi) is 14.8. The molecule has 296 valence electrons. The molecule has 2 atom stereocenters. The van der Waals surface area contributed by atoms with Crippen LogP contribution in [0.25, 0.3) is 11.0 Å². The lowest BCUT2D eigenvalue weighted by Gasteiger charge is -2.32. The van der Waals surface area contributed by atoms with E-state index in [-0.39, 0.29) is 0 Å². The second-order valence-electron chi connectivity index (χ2n) is 17.0. The van der Waals surface area contributed by atoms with Gasteiger partial charge in [-0.1, -0.05) is 196 Å². The van der Waals surface area contributed by atoms with Crippen LogP contribution in [0, 0.1) is 6.92 Å². The summed E-state index contributed by atoms with van der Waals surface area (Å²) in [6.45, 7) is 21.0. The molecule has 1 aromatic heterocycles. The Hall–Kier alpha value is -4.89. The van der Waals surface area contributed by atoms with Crippen molar-refractivity contribution in [2.24, 2.45) is 0 Å². The van der Waals surface area contributed by atoms with Crippen molar-refractivity contribution in [3.8, 4) is 11.5 Å². The molecule has 7 rings (SSSR count). The van der Waals surface area contributed by atoms with Crippen molar-refractivity contribution in [3.63, 3.8) is 0 Å². The van der Waals surface area contributed by atoms with Crippen molar-refractivity contribution in [2.45, 2.75) is 84.0 Å². The number of fused-ring (bicyclic) bond motifs is 1. The van der Waals surface area contributed by atoms with Gasteiger partial charge in [-0.05, 0) is 84.5 Å². The van der Waals surface area contributed by atoms with Gasteiger partial charge in [-0.25, -0.2) is 0 Å². The number of para-hydroxylation sites is 3. The first-order valence-electron chi connectivity index (χ1n) is 20.3. The summed E-state index contributed by atoms with van der Waals surface area (Å²) in [6, 6.07) is 58.9. The van der Waals surface area contributed by atoms with E-state index in [9.17, 15) is 5.11 Å². The van der Waals surface area contributed by atoms with Crippen molar-refractivity contribution >= 4 is 51.0 Å². The molecule has 3 nitrogen and oxygen atoms in total. The number of phenolic OH excluding ortho intramolecular Hbond substituents is 1. The molecule has 1 N–H and O–H groups in total. The fourth-order valence-corrected chi connectivity index (χ4v) is 13.8. The smallest absolute Gasteiger partial charge is 0.276 e. The standard InChI is InChI=1S/C25H32OSi2.C17H22OSi.C9H8O/c1-21(27(2,3)23-15-8-6-9-16-23)20-22-14-12-13-19-25(22)26-28(4,5)24-17-10-7-11-18-24;1-14(13-15-9-7-8-12-17(15)18)19(2,3)16-10-5-4-6-11-16;1-7-6-8-4-2-3-5-9(8)10-7/h6-19,21H,20H2,1-5H3;4-12,14,18H,13H2,1-3H3;2-6H,1H3. The topological polar surface area (TPSA) is 42.6 Å². The largest absolute Gasteiger partial charge is 0.539 e. The summed E-state index contributed by atoms with van der Waals surface area (Å²) in [6.07, 6.45) is 2.00. The van der Waals surface area contributed by atoms with Crippen LogP contribution in [0.1, 0.15) is 30.7 Å². The lowest BCUT2D eigenvalue weighted by Crippen LogP contribution is -2.48. The lowest BCUT2D eigenvalue weighted by molar-refractivity contribution is 0.467. The lowest BCUT2D eigenvalue weighted by atomic mass is 10.1. The highest BCUT2D eigenvalue weighted by atomic mass is 28.4. The molecule has 6 heteroatoms. The summed E-state index contributed by atoms with van der Waals surface area (Å²) >= 11 is 0. The summed E-state index contributed by atoms with van der Waals surface area (Å²) in [7, 11) is -5.06. The fourth-order valence-electron chi connectivity index (χ4n) is 7.22. The average Bonchev–Trinajstić information content (AvgIpc) is 3.61. The Balaban J connectivity index is 0.000000182. The van der Waals surface area contributed by atoms with Crippen molar-refractivity contribution in [3.05, 3.63) is 187 Å². The van der Waals surface area contributed by atoms with Crippen LogP contribution < -0.4 is 20.0 Å². The molecule has 57 heavy (non-hydrogen) atoms. The van der Waals surface area contributed by atoms with Gasteiger partial charge in [0.15, 0.2) is 0 Å². The fraction of sp³-hybridized carbons (Fsp3) is 0.255. The molecule has 0 radical (unpaired) electrons. The first kappa shape index (κ1) is 43.2. The van der Waals surface area contributed by atoms with Crippen LogP contribution in [0.2, 0.25) is 50.4 Å². The maximum absolute atomic E-state index is 9.91. The Labute approximate surface area is 345 Å². The first-order valence-corrected chi connectivity index (χ1v) is 29.4. The number of rotatable bonds is 11. The molecule has 7 aromatic rings. The van der Waals surface area contributed by atoms with Gasteiger partial charge in [-0.15, -0.1) is 0 Å². The normalized spacial score (nSPS) is 12.7. The number of phenols is 1. The van der Waals surface area contributed by atoms with Gasteiger partial charge in [0.05, 0.1) is 16.1 Å². The molecule has 0 aliphatic heterocycles. The van der Waals surface area contributed by atoms with Crippen LogP contribution in [0.4, 0.5) is 0 Å². The molecule has 0 aliphatic carbocycles. The maximum atomic E-state index is 9.91. The van der Waals surface area contributed by atoms with E-state index < -0.39 is 24.5 Å². The van der Waals surface area contributed by atoms with E-state index in [2.05, 4.69) is 168 Å². The van der Waals surface area contributed by atoms with E-state index in [0.29, 0.717) is 16.8 Å². The maximum Gasteiger partial charge on any atom is 0.276 e. The summed E-state index contributed by atoms with van der Waals surface area (Å²) in [5.41, 5.74) is 4.58. The van der Waals surface area contributed by atoms with E-state index in [1.807, 2.05) is 55.5 Å². The number of benzene rings is 6. The van der Waals surface area contributed by atoms with Gasteiger partial charge in [0.25, 0.3) is 8.32 Å². The molecule has 0 saturated heterocycles. The Bertz CT molecular complexity index is 2230. The molecule has 0 aliphatic rings. The average molecular weight is 807 g/mol. The third-order valence-electron chi connectivity index (χ3n) is 11.9. The van der Waals surface area contributed by atoms with Crippen LogP contribution in [-0.2, 0) is 12.8 Å². The van der Waals surface area contributed by atoms with E-state index in [4.69, 9.17) is 8.84 Å². The minimum atomic E-state index is -2.00. The van der Waals surface area contributed by atoms with E-state index in [1.165, 1.54) is 26.5 Å². The second kappa shape index (κ2) is 19.5. The SMILES string of the molecule is CC(Cc1ccccc1O)[Si](C)(C)c1ccccc1.CC(Cc1ccccc1O[Si](C)(C)c1ccccc1)[Si](C)(C)c1ccccc1.Cc1cc2ccccc2o1. The summed E-state index contributed by atoms with van der Waals surface area (Å²) in [5.74, 6) is 2.46. The van der Waals surface area contributed by atoms with Crippen molar-refractivity contribution < 1.29 is 13.9 Å².